The number of Topliss-reactive ketones (excluding diaryl/α,β-unsaturated/α-hetero) is 1. The maximum absolute atomic E-state index is 12.2. The Morgan fingerprint density at radius 1 is 1.29 bits per heavy atom. The fraction of sp³-hybridized carbons (Fsp3) is 0.400. The molecule has 1 aliphatic rings. The van der Waals surface area contributed by atoms with E-state index >= 15 is 0 Å². The molecule has 1 N–H and O–H groups in total. The lowest BCUT2D eigenvalue weighted by atomic mass is 9.85. The lowest BCUT2D eigenvalue weighted by molar-refractivity contribution is 0.103. The zero-order valence-corrected chi connectivity index (χ0v) is 10.6. The molecule has 1 aromatic carbocycles. The number of carbonyl (C=O) groups excluding carboxylic acids is 1. The monoisotopic (exact) mass is 230 g/mol. The molecule has 90 valence electrons. The van der Waals surface area contributed by atoms with E-state index in [9.17, 15) is 9.90 Å². The molecule has 0 aliphatic heterocycles. The third kappa shape index (κ3) is 2.12. The van der Waals surface area contributed by atoms with Gasteiger partial charge in [0.1, 0.15) is 5.75 Å². The Morgan fingerprint density at radius 2 is 2.00 bits per heavy atom. The Labute approximate surface area is 102 Å². The summed E-state index contributed by atoms with van der Waals surface area (Å²) in [6.07, 6.45) is 3.96. The number of benzene rings is 1. The van der Waals surface area contributed by atoms with E-state index in [0.29, 0.717) is 5.92 Å². The molecule has 0 bridgehead atoms. The molecule has 0 unspecified atom stereocenters. The zero-order chi connectivity index (χ0) is 12.6. The van der Waals surface area contributed by atoms with Crippen LogP contribution in [0.1, 0.15) is 54.1 Å². The predicted octanol–water partition coefficient (Wildman–Crippen LogP) is 3.73. The summed E-state index contributed by atoms with van der Waals surface area (Å²) >= 11 is 0. The van der Waals surface area contributed by atoms with Crippen molar-refractivity contribution >= 4 is 5.78 Å². The highest BCUT2D eigenvalue weighted by Gasteiger charge is 2.21. The van der Waals surface area contributed by atoms with E-state index in [1.54, 1.807) is 6.07 Å². The van der Waals surface area contributed by atoms with Crippen LogP contribution in [0.3, 0.4) is 0 Å². The molecule has 0 saturated heterocycles. The van der Waals surface area contributed by atoms with Crippen LogP contribution in [0.4, 0.5) is 0 Å². The molecule has 0 aromatic heterocycles. The van der Waals surface area contributed by atoms with Gasteiger partial charge in [-0.1, -0.05) is 13.0 Å². The van der Waals surface area contributed by atoms with Crippen LogP contribution in [-0.2, 0) is 0 Å². The summed E-state index contributed by atoms with van der Waals surface area (Å²) < 4.78 is 0. The standard InChI is InChI=1S/C15H18O2/c1-9-5-4-6-10(2)15(17)13-7-11(3)14(16)8-12(9)13/h6-9,16H,4-5H2,1-3H3/b10-6-/t9-/m1/s1. The van der Waals surface area contributed by atoms with Crippen LogP contribution in [0.2, 0.25) is 0 Å². The van der Waals surface area contributed by atoms with Gasteiger partial charge in [0.25, 0.3) is 0 Å². The minimum absolute atomic E-state index is 0.0923. The fourth-order valence-electron chi connectivity index (χ4n) is 2.33. The molecule has 2 heteroatoms. The molecule has 17 heavy (non-hydrogen) atoms. The highest BCUT2D eigenvalue weighted by Crippen LogP contribution is 2.33. The van der Waals surface area contributed by atoms with Gasteiger partial charge in [-0.25, -0.2) is 0 Å². The first-order valence-electron chi connectivity index (χ1n) is 6.05. The summed E-state index contributed by atoms with van der Waals surface area (Å²) in [6, 6.07) is 3.57. The van der Waals surface area contributed by atoms with E-state index in [0.717, 1.165) is 35.1 Å². The van der Waals surface area contributed by atoms with Gasteiger partial charge in [-0.3, -0.25) is 4.79 Å². The van der Waals surface area contributed by atoms with Gasteiger partial charge in [-0.2, -0.15) is 0 Å². The highest BCUT2D eigenvalue weighted by atomic mass is 16.3. The Hall–Kier alpha value is -1.57. The number of phenolic OH excluding ortho intramolecular Hbond substituents is 1. The second kappa shape index (κ2) is 4.36. The molecule has 0 spiro atoms. The SMILES string of the molecule is C/C1=C/CC[C@@H](C)c2cc(O)c(C)cc2C1=O. The summed E-state index contributed by atoms with van der Waals surface area (Å²) in [5.74, 6) is 0.685. The van der Waals surface area contributed by atoms with Crippen LogP contribution in [0.5, 0.6) is 5.75 Å². The molecule has 1 aromatic rings. The largest absolute Gasteiger partial charge is 0.508 e. The summed E-state index contributed by atoms with van der Waals surface area (Å²) in [4.78, 5) is 12.2. The van der Waals surface area contributed by atoms with Crippen LogP contribution in [-0.4, -0.2) is 10.9 Å². The third-order valence-electron chi connectivity index (χ3n) is 3.55. The van der Waals surface area contributed by atoms with Gasteiger partial charge in [0.15, 0.2) is 5.78 Å². The number of phenols is 1. The van der Waals surface area contributed by atoms with Crippen LogP contribution in [0.25, 0.3) is 0 Å². The second-order valence-corrected chi connectivity index (χ2v) is 4.92. The maximum atomic E-state index is 12.2. The van der Waals surface area contributed by atoms with E-state index in [4.69, 9.17) is 0 Å². The first kappa shape index (κ1) is 11.9. The lowest BCUT2D eigenvalue weighted by Crippen LogP contribution is -2.10. The smallest absolute Gasteiger partial charge is 0.188 e. The van der Waals surface area contributed by atoms with Crippen molar-refractivity contribution in [1.82, 2.24) is 0 Å². The number of aryl methyl sites for hydroxylation is 1. The first-order valence-corrected chi connectivity index (χ1v) is 6.05. The molecule has 0 fully saturated rings. The van der Waals surface area contributed by atoms with Gasteiger partial charge in [-0.15, -0.1) is 0 Å². The minimum atomic E-state index is 0.0923. The van der Waals surface area contributed by atoms with E-state index in [2.05, 4.69) is 6.92 Å². The van der Waals surface area contributed by atoms with Gasteiger partial charge < -0.3 is 5.11 Å². The molecular formula is C15H18O2. The molecule has 0 radical (unpaired) electrons. The molecule has 0 saturated carbocycles. The fourth-order valence-corrected chi connectivity index (χ4v) is 2.33. The number of hydrogen-bond acceptors (Lipinski definition) is 2. The Bertz CT molecular complexity index is 498. The van der Waals surface area contributed by atoms with Crippen LogP contribution >= 0.6 is 0 Å². The van der Waals surface area contributed by atoms with Crippen molar-refractivity contribution in [2.75, 3.05) is 0 Å². The molecular weight excluding hydrogens is 212 g/mol. The van der Waals surface area contributed by atoms with Gasteiger partial charge in [0, 0.05) is 5.56 Å². The predicted molar refractivity (Wildman–Crippen MR) is 68.6 cm³/mol. The molecule has 1 atom stereocenters. The average molecular weight is 230 g/mol. The number of aromatic hydroxyl groups is 1. The summed E-state index contributed by atoms with van der Waals surface area (Å²) in [5, 5.41) is 9.78. The number of ketones is 1. The van der Waals surface area contributed by atoms with E-state index in [1.165, 1.54) is 0 Å². The summed E-state index contributed by atoms with van der Waals surface area (Å²) in [5.41, 5.74) is 3.30. The van der Waals surface area contributed by atoms with Gasteiger partial charge >= 0.3 is 0 Å². The van der Waals surface area contributed by atoms with E-state index in [1.807, 2.05) is 26.0 Å². The third-order valence-corrected chi connectivity index (χ3v) is 3.55. The topological polar surface area (TPSA) is 37.3 Å². The Balaban J connectivity index is 2.64. The number of rotatable bonds is 0. The molecule has 2 nitrogen and oxygen atoms in total. The van der Waals surface area contributed by atoms with Crippen LogP contribution < -0.4 is 0 Å². The second-order valence-electron chi connectivity index (χ2n) is 4.92. The van der Waals surface area contributed by atoms with Crippen molar-refractivity contribution < 1.29 is 9.90 Å². The van der Waals surface area contributed by atoms with Crippen molar-refractivity contribution in [3.05, 3.63) is 40.5 Å². The Kier molecular flexibility index (Phi) is 3.05. The van der Waals surface area contributed by atoms with Crippen LogP contribution in [0, 0.1) is 6.92 Å². The first-order chi connectivity index (χ1) is 8.00. The molecule has 1 aliphatic carbocycles. The van der Waals surface area contributed by atoms with E-state index in [-0.39, 0.29) is 11.5 Å². The van der Waals surface area contributed by atoms with Crippen molar-refractivity contribution in [3.8, 4) is 5.75 Å². The minimum Gasteiger partial charge on any atom is -0.508 e. The number of hydrogen-bond donors (Lipinski definition) is 1. The summed E-state index contributed by atoms with van der Waals surface area (Å²) in [6.45, 7) is 5.80. The van der Waals surface area contributed by atoms with Gasteiger partial charge in [-0.05, 0) is 61.4 Å². The van der Waals surface area contributed by atoms with Gasteiger partial charge in [0.05, 0.1) is 0 Å². The van der Waals surface area contributed by atoms with Crippen molar-refractivity contribution in [1.29, 1.82) is 0 Å². The number of carbonyl (C=O) groups is 1. The molecule has 2 rings (SSSR count). The number of allylic oxidation sites excluding steroid dienone is 2. The van der Waals surface area contributed by atoms with Crippen LogP contribution in [0.15, 0.2) is 23.8 Å². The van der Waals surface area contributed by atoms with Crippen molar-refractivity contribution in [2.24, 2.45) is 0 Å². The normalized spacial score (nSPS) is 23.4. The maximum Gasteiger partial charge on any atom is 0.188 e. The zero-order valence-electron chi connectivity index (χ0n) is 10.6. The Morgan fingerprint density at radius 3 is 2.71 bits per heavy atom. The highest BCUT2D eigenvalue weighted by molar-refractivity contribution is 6.09. The quantitative estimate of drug-likeness (QED) is 0.737. The lowest BCUT2D eigenvalue weighted by Gasteiger charge is -2.19. The van der Waals surface area contributed by atoms with Crippen molar-refractivity contribution in [3.63, 3.8) is 0 Å². The van der Waals surface area contributed by atoms with Crippen molar-refractivity contribution in [2.45, 2.75) is 39.5 Å². The summed E-state index contributed by atoms with van der Waals surface area (Å²) in [7, 11) is 0. The number of fused-ring (bicyclic) bond motifs is 1. The van der Waals surface area contributed by atoms with E-state index < -0.39 is 0 Å². The molecule has 0 amide bonds. The van der Waals surface area contributed by atoms with Gasteiger partial charge in [0.2, 0.25) is 0 Å². The molecule has 0 heterocycles. The average Bonchev–Trinajstić information content (AvgIpc) is 2.29.